The molecule has 0 atom stereocenters. The average Bonchev–Trinajstić information content (AvgIpc) is 2.86. The van der Waals surface area contributed by atoms with Crippen LogP contribution in [0.1, 0.15) is 18.3 Å². The molecule has 5 nitrogen and oxygen atoms in total. The van der Waals surface area contributed by atoms with Gasteiger partial charge in [0.25, 0.3) is 0 Å². The fourth-order valence-electron chi connectivity index (χ4n) is 1.65. The molecule has 0 amide bonds. The third kappa shape index (κ3) is 3.13. The zero-order valence-electron chi connectivity index (χ0n) is 11.1. The third-order valence-electron chi connectivity index (χ3n) is 2.92. The number of hydrogen-bond acceptors (Lipinski definition) is 4. The second-order valence-electron chi connectivity index (χ2n) is 4.38. The molecule has 2 rings (SSSR count). The second kappa shape index (κ2) is 5.58. The maximum absolute atomic E-state index is 12.5. The summed E-state index contributed by atoms with van der Waals surface area (Å²) in [4.78, 5) is 1.99. The molecule has 8 heteroatoms. The molecule has 0 unspecified atom stereocenters. The van der Waals surface area contributed by atoms with Gasteiger partial charge in [0.05, 0.1) is 17.8 Å². The first kappa shape index (κ1) is 14.4. The molecule has 1 aromatic heterocycles. The lowest BCUT2D eigenvalue weighted by atomic mass is 10.2. The van der Waals surface area contributed by atoms with Gasteiger partial charge in [-0.25, -0.2) is 0 Å². The van der Waals surface area contributed by atoms with Crippen LogP contribution in [-0.2, 0) is 12.7 Å². The lowest BCUT2D eigenvalue weighted by Crippen LogP contribution is -2.20. The molecule has 0 saturated heterocycles. The lowest BCUT2D eigenvalue weighted by Gasteiger charge is -2.13. The summed E-state index contributed by atoms with van der Waals surface area (Å²) in [6.45, 7) is 3.33. The van der Waals surface area contributed by atoms with Gasteiger partial charge in [-0.1, -0.05) is 6.92 Å². The van der Waals surface area contributed by atoms with Crippen molar-refractivity contribution >= 4 is 0 Å². The highest BCUT2D eigenvalue weighted by atomic mass is 19.4. The third-order valence-corrected chi connectivity index (χ3v) is 2.92. The van der Waals surface area contributed by atoms with E-state index in [2.05, 4.69) is 15.5 Å². The molecule has 20 heavy (non-hydrogen) atoms. The van der Waals surface area contributed by atoms with E-state index in [1.54, 1.807) is 0 Å². The van der Waals surface area contributed by atoms with Gasteiger partial charge in [-0.15, -0.1) is 5.10 Å². The number of nitrogens with zero attached hydrogens (tertiary/aromatic N) is 5. The fraction of sp³-hybridized carbons (Fsp3) is 0.417. The van der Waals surface area contributed by atoms with Crippen LogP contribution in [0, 0.1) is 0 Å². The number of halogens is 3. The summed E-state index contributed by atoms with van der Waals surface area (Å²) < 4.78 is 39.0. The molecule has 0 aliphatic heterocycles. The van der Waals surface area contributed by atoms with Crippen LogP contribution in [0.4, 0.5) is 13.2 Å². The predicted molar refractivity (Wildman–Crippen MR) is 66.2 cm³/mol. The van der Waals surface area contributed by atoms with E-state index in [9.17, 15) is 13.2 Å². The van der Waals surface area contributed by atoms with Crippen molar-refractivity contribution in [1.82, 2.24) is 25.1 Å². The van der Waals surface area contributed by atoms with Gasteiger partial charge in [0.15, 0.2) is 5.82 Å². The molecule has 0 radical (unpaired) electrons. The molecule has 0 N–H and O–H groups in total. The summed E-state index contributed by atoms with van der Waals surface area (Å²) in [6.07, 6.45) is -4.34. The molecular weight excluding hydrogens is 271 g/mol. The number of aromatic nitrogens is 4. The molecule has 1 heterocycles. The lowest BCUT2D eigenvalue weighted by molar-refractivity contribution is -0.137. The largest absolute Gasteiger partial charge is 0.416 e. The van der Waals surface area contributed by atoms with Crippen LogP contribution in [0.25, 0.3) is 5.69 Å². The Morgan fingerprint density at radius 3 is 2.40 bits per heavy atom. The van der Waals surface area contributed by atoms with Gasteiger partial charge in [0.1, 0.15) is 0 Å². The summed E-state index contributed by atoms with van der Waals surface area (Å²) in [5, 5.41) is 11.3. The van der Waals surface area contributed by atoms with Crippen molar-refractivity contribution in [2.45, 2.75) is 19.6 Å². The summed E-state index contributed by atoms with van der Waals surface area (Å²) in [5.74, 6) is 0.578. The van der Waals surface area contributed by atoms with E-state index in [0.29, 0.717) is 18.1 Å². The van der Waals surface area contributed by atoms with Crippen molar-refractivity contribution in [2.24, 2.45) is 0 Å². The number of benzene rings is 1. The molecule has 0 aliphatic carbocycles. The Morgan fingerprint density at radius 2 is 1.85 bits per heavy atom. The molecule has 0 bridgehead atoms. The van der Waals surface area contributed by atoms with Crippen molar-refractivity contribution in [1.29, 1.82) is 0 Å². The summed E-state index contributed by atoms with van der Waals surface area (Å²) in [6, 6.07) is 4.75. The van der Waals surface area contributed by atoms with Crippen LogP contribution in [0.5, 0.6) is 0 Å². The number of hydrogen-bond donors (Lipinski definition) is 0. The maximum atomic E-state index is 12.5. The minimum absolute atomic E-state index is 0.502. The summed E-state index contributed by atoms with van der Waals surface area (Å²) in [5.41, 5.74) is -0.191. The van der Waals surface area contributed by atoms with Crippen LogP contribution in [0.15, 0.2) is 24.3 Å². The molecule has 0 aliphatic rings. The highest BCUT2D eigenvalue weighted by Gasteiger charge is 2.30. The standard InChI is InChI=1S/C12H14F3N5/c1-3-19(2)8-11-16-17-18-20(11)10-6-4-9(5-7-10)12(13,14)15/h4-7H,3,8H2,1-2H3. The van der Waals surface area contributed by atoms with Crippen LogP contribution in [0.2, 0.25) is 0 Å². The van der Waals surface area contributed by atoms with Gasteiger partial charge in [0.2, 0.25) is 0 Å². The molecule has 0 spiro atoms. The molecule has 0 saturated carbocycles. The minimum atomic E-state index is -4.34. The fourth-order valence-corrected chi connectivity index (χ4v) is 1.65. The normalized spacial score (nSPS) is 12.1. The topological polar surface area (TPSA) is 46.8 Å². The smallest absolute Gasteiger partial charge is 0.299 e. The van der Waals surface area contributed by atoms with Crippen molar-refractivity contribution < 1.29 is 13.2 Å². The van der Waals surface area contributed by atoms with Gasteiger partial charge in [-0.3, -0.25) is 4.90 Å². The minimum Gasteiger partial charge on any atom is -0.299 e. The first-order valence-electron chi connectivity index (χ1n) is 6.05. The van der Waals surface area contributed by atoms with Crippen molar-refractivity contribution in [3.8, 4) is 5.69 Å². The highest BCUT2D eigenvalue weighted by molar-refractivity contribution is 5.35. The number of alkyl halides is 3. The Hall–Kier alpha value is -1.96. The van der Waals surface area contributed by atoms with E-state index in [4.69, 9.17) is 0 Å². The quantitative estimate of drug-likeness (QED) is 0.863. The molecule has 108 valence electrons. The summed E-state index contributed by atoms with van der Waals surface area (Å²) in [7, 11) is 1.91. The molecular formula is C12H14F3N5. The molecule has 2 aromatic rings. The SMILES string of the molecule is CCN(C)Cc1nnnn1-c1ccc(C(F)(F)F)cc1. The number of tetrazole rings is 1. The van der Waals surface area contributed by atoms with E-state index in [1.165, 1.54) is 16.8 Å². The van der Waals surface area contributed by atoms with E-state index in [-0.39, 0.29) is 0 Å². The maximum Gasteiger partial charge on any atom is 0.416 e. The van der Waals surface area contributed by atoms with Gasteiger partial charge in [-0.2, -0.15) is 17.9 Å². The van der Waals surface area contributed by atoms with E-state index in [0.717, 1.165) is 18.7 Å². The Kier molecular flexibility index (Phi) is 4.03. The number of rotatable bonds is 4. The zero-order valence-corrected chi connectivity index (χ0v) is 11.1. The van der Waals surface area contributed by atoms with Crippen molar-refractivity contribution in [2.75, 3.05) is 13.6 Å². The van der Waals surface area contributed by atoms with Crippen LogP contribution >= 0.6 is 0 Å². The van der Waals surface area contributed by atoms with E-state index < -0.39 is 11.7 Å². The van der Waals surface area contributed by atoms with Crippen molar-refractivity contribution in [3.05, 3.63) is 35.7 Å². The predicted octanol–water partition coefficient (Wildman–Crippen LogP) is 2.13. The first-order chi connectivity index (χ1) is 9.41. The van der Waals surface area contributed by atoms with Gasteiger partial charge in [0, 0.05) is 0 Å². The molecule has 1 aromatic carbocycles. The Morgan fingerprint density at radius 1 is 1.20 bits per heavy atom. The zero-order chi connectivity index (χ0) is 14.8. The van der Waals surface area contributed by atoms with Gasteiger partial charge in [-0.05, 0) is 48.3 Å². The highest BCUT2D eigenvalue weighted by Crippen LogP contribution is 2.29. The average molecular weight is 285 g/mol. The van der Waals surface area contributed by atoms with E-state index >= 15 is 0 Å². The Labute approximate surface area is 114 Å². The Bertz CT molecular complexity index is 561. The Balaban J connectivity index is 2.26. The summed E-state index contributed by atoms with van der Waals surface area (Å²) >= 11 is 0. The van der Waals surface area contributed by atoms with Crippen LogP contribution < -0.4 is 0 Å². The van der Waals surface area contributed by atoms with Crippen LogP contribution in [0.3, 0.4) is 0 Å². The van der Waals surface area contributed by atoms with Gasteiger partial charge < -0.3 is 0 Å². The van der Waals surface area contributed by atoms with Crippen LogP contribution in [-0.4, -0.2) is 38.7 Å². The first-order valence-corrected chi connectivity index (χ1v) is 6.05. The van der Waals surface area contributed by atoms with Crippen molar-refractivity contribution in [3.63, 3.8) is 0 Å². The van der Waals surface area contributed by atoms with E-state index in [1.807, 2.05) is 18.9 Å². The molecule has 0 fully saturated rings. The second-order valence-corrected chi connectivity index (χ2v) is 4.38. The van der Waals surface area contributed by atoms with Gasteiger partial charge >= 0.3 is 6.18 Å². The monoisotopic (exact) mass is 285 g/mol.